The molecule has 5 rings (SSSR count). The Morgan fingerprint density at radius 3 is 2.50 bits per heavy atom. The molecule has 0 spiro atoms. The molecular formula is C29H26N4O5S2. The molecule has 0 bridgehead atoms. The molecule has 40 heavy (non-hydrogen) atoms. The van der Waals surface area contributed by atoms with Crippen molar-refractivity contribution in [1.82, 2.24) is 15.2 Å². The third-order valence-electron chi connectivity index (χ3n) is 6.29. The Bertz CT molecular complexity index is 1570. The van der Waals surface area contributed by atoms with Crippen molar-refractivity contribution in [3.8, 4) is 11.5 Å². The van der Waals surface area contributed by atoms with E-state index in [1.54, 1.807) is 30.3 Å². The highest BCUT2D eigenvalue weighted by Gasteiger charge is 2.48. The molecule has 4 aromatic rings. The zero-order chi connectivity index (χ0) is 28.2. The van der Waals surface area contributed by atoms with Crippen LogP contribution in [0.2, 0.25) is 0 Å². The molecule has 9 nitrogen and oxygen atoms in total. The van der Waals surface area contributed by atoms with Crippen molar-refractivity contribution >= 4 is 45.7 Å². The zero-order valence-electron chi connectivity index (χ0n) is 22.0. The maximum absolute atomic E-state index is 13.5. The average molecular weight is 575 g/mol. The number of rotatable bonds is 9. The monoisotopic (exact) mass is 574 g/mol. The minimum Gasteiger partial charge on any atom is -0.507 e. The second kappa shape index (κ2) is 11.9. The number of amides is 1. The molecule has 1 amide bonds. The molecule has 1 aliphatic rings. The summed E-state index contributed by atoms with van der Waals surface area (Å²) in [4.78, 5) is 32.2. The number of anilines is 1. The summed E-state index contributed by atoms with van der Waals surface area (Å²) in [5.74, 6) is -0.309. The lowest BCUT2D eigenvalue weighted by molar-refractivity contribution is -0.132. The van der Waals surface area contributed by atoms with E-state index in [2.05, 4.69) is 39.4 Å². The Balaban J connectivity index is 1.56. The van der Waals surface area contributed by atoms with Crippen LogP contribution in [0.5, 0.6) is 11.5 Å². The summed E-state index contributed by atoms with van der Waals surface area (Å²) in [7, 11) is 1.51. The van der Waals surface area contributed by atoms with E-state index in [1.807, 2.05) is 13.8 Å². The van der Waals surface area contributed by atoms with Crippen LogP contribution in [0.15, 0.2) is 76.9 Å². The number of hydrogen-bond acceptors (Lipinski definition) is 10. The molecule has 204 valence electrons. The number of thioether (sulfide) groups is 1. The van der Waals surface area contributed by atoms with Crippen molar-refractivity contribution in [1.29, 1.82) is 0 Å². The van der Waals surface area contributed by atoms with Gasteiger partial charge in [-0.25, -0.2) is 0 Å². The lowest BCUT2D eigenvalue weighted by Gasteiger charge is -2.23. The van der Waals surface area contributed by atoms with Crippen molar-refractivity contribution in [2.24, 2.45) is 0 Å². The molecule has 11 heteroatoms. The summed E-state index contributed by atoms with van der Waals surface area (Å²) >= 11 is 2.70. The number of ether oxygens (including phenoxy) is 2. The van der Waals surface area contributed by atoms with E-state index in [1.165, 1.54) is 53.1 Å². The lowest BCUT2D eigenvalue weighted by Crippen LogP contribution is -2.29. The topological polar surface area (TPSA) is 115 Å². The van der Waals surface area contributed by atoms with Gasteiger partial charge in [0.2, 0.25) is 5.13 Å². The van der Waals surface area contributed by atoms with Crippen LogP contribution in [0.4, 0.5) is 5.13 Å². The van der Waals surface area contributed by atoms with Gasteiger partial charge in [-0.2, -0.15) is 0 Å². The number of nitrogens with zero attached hydrogens (tertiary/aromatic N) is 4. The van der Waals surface area contributed by atoms with E-state index in [9.17, 15) is 14.7 Å². The Kier molecular flexibility index (Phi) is 8.13. The maximum Gasteiger partial charge on any atom is 0.301 e. The van der Waals surface area contributed by atoms with Crippen LogP contribution in [0.25, 0.3) is 5.76 Å². The molecule has 1 N–H and O–H groups in total. The molecule has 1 atom stereocenters. The van der Waals surface area contributed by atoms with Crippen molar-refractivity contribution in [2.45, 2.75) is 30.0 Å². The van der Waals surface area contributed by atoms with Crippen LogP contribution in [0.1, 0.15) is 35.2 Å². The van der Waals surface area contributed by atoms with Gasteiger partial charge in [0.05, 0.1) is 25.3 Å². The molecule has 3 heterocycles. The van der Waals surface area contributed by atoms with Gasteiger partial charge in [0.25, 0.3) is 5.78 Å². The van der Waals surface area contributed by atoms with E-state index in [0.29, 0.717) is 39.3 Å². The first-order chi connectivity index (χ1) is 19.4. The number of aliphatic hydroxyl groups excluding tert-OH is 1. The predicted octanol–water partition coefficient (Wildman–Crippen LogP) is 5.57. The third kappa shape index (κ3) is 5.43. The molecule has 1 unspecified atom stereocenters. The summed E-state index contributed by atoms with van der Waals surface area (Å²) in [6.07, 6.45) is 3.00. The van der Waals surface area contributed by atoms with Gasteiger partial charge in [0.15, 0.2) is 15.8 Å². The number of aromatic nitrogens is 3. The molecule has 0 aliphatic carbocycles. The summed E-state index contributed by atoms with van der Waals surface area (Å²) in [6, 6.07) is 15.5. The molecule has 2 aromatic heterocycles. The molecule has 1 fully saturated rings. The van der Waals surface area contributed by atoms with Crippen molar-refractivity contribution in [3.05, 3.63) is 94.8 Å². The summed E-state index contributed by atoms with van der Waals surface area (Å²) in [6.45, 7) is 4.33. The third-order valence-corrected chi connectivity index (χ3v) is 8.41. The Labute approximate surface area is 239 Å². The predicted molar refractivity (Wildman–Crippen MR) is 154 cm³/mol. The van der Waals surface area contributed by atoms with Gasteiger partial charge in [-0.15, -0.1) is 10.2 Å². The van der Waals surface area contributed by atoms with Crippen LogP contribution in [0, 0.1) is 6.92 Å². The SMILES string of the molecule is CCOc1ccc(C2/C(=C(\O)c3ccncc3)C(=O)C(=O)N2c2nnc(SCc3ccc(C)cc3)s2)cc1OC. The minimum atomic E-state index is -0.972. The van der Waals surface area contributed by atoms with Gasteiger partial charge in [-0.3, -0.25) is 19.5 Å². The first kappa shape index (κ1) is 27.4. The van der Waals surface area contributed by atoms with Crippen molar-refractivity contribution < 1.29 is 24.2 Å². The number of aryl methyl sites for hydroxylation is 1. The number of aliphatic hydroxyl groups is 1. The van der Waals surface area contributed by atoms with Gasteiger partial charge >= 0.3 is 5.91 Å². The number of ketones is 1. The number of Topliss-reactive ketones (excluding diaryl/α,β-unsaturated/α-hetero) is 1. The fourth-order valence-corrected chi connectivity index (χ4v) is 6.15. The summed E-state index contributed by atoms with van der Waals surface area (Å²) < 4.78 is 11.8. The van der Waals surface area contributed by atoms with E-state index in [-0.39, 0.29) is 16.5 Å². The quantitative estimate of drug-likeness (QED) is 0.0901. The number of hydrogen-bond donors (Lipinski definition) is 1. The smallest absolute Gasteiger partial charge is 0.301 e. The van der Waals surface area contributed by atoms with Gasteiger partial charge in [0, 0.05) is 23.7 Å². The molecule has 1 aliphatic heterocycles. The number of pyridine rings is 1. The molecular weight excluding hydrogens is 548 g/mol. The second-order valence-electron chi connectivity index (χ2n) is 8.87. The van der Waals surface area contributed by atoms with Crippen LogP contribution in [-0.2, 0) is 15.3 Å². The minimum absolute atomic E-state index is 0.0635. The van der Waals surface area contributed by atoms with Crippen LogP contribution >= 0.6 is 23.1 Å². The Morgan fingerprint density at radius 2 is 1.80 bits per heavy atom. The first-order valence-electron chi connectivity index (χ1n) is 12.4. The van der Waals surface area contributed by atoms with E-state index >= 15 is 0 Å². The number of carbonyl (C=O) groups is 2. The zero-order valence-corrected chi connectivity index (χ0v) is 23.7. The van der Waals surface area contributed by atoms with Gasteiger partial charge in [-0.05, 0) is 49.2 Å². The summed E-state index contributed by atoms with van der Waals surface area (Å²) in [5, 5.41) is 20.1. The summed E-state index contributed by atoms with van der Waals surface area (Å²) in [5.41, 5.74) is 3.15. The number of methoxy groups -OCH3 is 1. The van der Waals surface area contributed by atoms with Crippen LogP contribution in [0.3, 0.4) is 0 Å². The largest absolute Gasteiger partial charge is 0.507 e. The van der Waals surface area contributed by atoms with Crippen molar-refractivity contribution in [3.63, 3.8) is 0 Å². The highest BCUT2D eigenvalue weighted by molar-refractivity contribution is 8.00. The normalized spacial score (nSPS) is 16.4. The van der Waals surface area contributed by atoms with E-state index < -0.39 is 17.7 Å². The molecule has 2 aromatic carbocycles. The number of carbonyl (C=O) groups excluding carboxylic acids is 2. The maximum atomic E-state index is 13.5. The van der Waals surface area contributed by atoms with E-state index in [4.69, 9.17) is 9.47 Å². The Hall–Kier alpha value is -4.22. The van der Waals surface area contributed by atoms with E-state index in [0.717, 1.165) is 5.56 Å². The highest BCUT2D eigenvalue weighted by Crippen LogP contribution is 2.45. The average Bonchev–Trinajstić information content (AvgIpc) is 3.55. The first-order valence-corrected chi connectivity index (χ1v) is 14.3. The molecule has 0 radical (unpaired) electrons. The van der Waals surface area contributed by atoms with Crippen LogP contribution < -0.4 is 14.4 Å². The fourth-order valence-electron chi connectivity index (χ4n) is 4.33. The lowest BCUT2D eigenvalue weighted by atomic mass is 9.95. The number of benzene rings is 2. The van der Waals surface area contributed by atoms with Gasteiger partial charge < -0.3 is 14.6 Å². The standard InChI is InChI=1S/C29H26N4O5S2/c1-4-38-21-10-9-20(15-22(21)37-3)24-23(25(34)19-11-13-30-14-12-19)26(35)27(36)33(24)28-31-32-29(40-28)39-16-18-7-5-17(2)6-8-18/h5-15,24,34H,4,16H2,1-3H3/b25-23+. The fraction of sp³-hybridized carbons (Fsp3) is 0.207. The second-order valence-corrected chi connectivity index (χ2v) is 11.1. The molecule has 0 saturated carbocycles. The highest BCUT2D eigenvalue weighted by atomic mass is 32.2. The molecule has 1 saturated heterocycles. The van der Waals surface area contributed by atoms with Gasteiger partial charge in [-0.1, -0.05) is 59.0 Å². The van der Waals surface area contributed by atoms with Crippen molar-refractivity contribution in [2.75, 3.05) is 18.6 Å². The Morgan fingerprint density at radius 1 is 1.05 bits per heavy atom. The van der Waals surface area contributed by atoms with Gasteiger partial charge in [0.1, 0.15) is 5.76 Å². The van der Waals surface area contributed by atoms with Crippen LogP contribution in [-0.4, -0.2) is 45.7 Å².